The molecule has 4 aliphatic carbocycles. The summed E-state index contributed by atoms with van der Waals surface area (Å²) in [5, 5.41) is 0. The molecule has 164 valence electrons. The molecule has 7 nitrogen and oxygen atoms in total. The average molecular weight is 423 g/mol. The van der Waals surface area contributed by atoms with Crippen molar-refractivity contribution >= 4 is 23.0 Å². The Morgan fingerprint density at radius 3 is 2.61 bits per heavy atom. The van der Waals surface area contributed by atoms with Crippen LogP contribution >= 0.6 is 0 Å². The smallest absolute Gasteiger partial charge is 0.410 e. The monoisotopic (exact) mass is 422 g/mol. The van der Waals surface area contributed by atoms with E-state index in [2.05, 4.69) is 17.7 Å². The van der Waals surface area contributed by atoms with Crippen molar-refractivity contribution in [2.45, 2.75) is 50.5 Å². The summed E-state index contributed by atoms with van der Waals surface area (Å²) in [7, 11) is 2.05. The summed E-state index contributed by atoms with van der Waals surface area (Å²) >= 11 is 0. The second-order valence-corrected chi connectivity index (χ2v) is 10.4. The number of hydrogen-bond donors (Lipinski definition) is 1. The molecule has 1 aliphatic heterocycles. The summed E-state index contributed by atoms with van der Waals surface area (Å²) in [6.45, 7) is 1.34. The Morgan fingerprint density at radius 1 is 1.16 bits per heavy atom. The molecule has 0 radical (unpaired) electrons. The number of carbonyl (C=O) groups excluding carboxylic acids is 2. The lowest BCUT2D eigenvalue weighted by molar-refractivity contribution is -0.161. The van der Waals surface area contributed by atoms with Crippen molar-refractivity contribution in [3.05, 3.63) is 30.1 Å². The molecule has 4 saturated carbocycles. The van der Waals surface area contributed by atoms with Gasteiger partial charge in [0.1, 0.15) is 11.9 Å². The van der Waals surface area contributed by atoms with Gasteiger partial charge in [-0.3, -0.25) is 4.79 Å². The Labute approximate surface area is 181 Å². The van der Waals surface area contributed by atoms with Crippen LogP contribution in [0.3, 0.4) is 0 Å². The lowest BCUT2D eigenvalue weighted by atomic mass is 9.48. The molecule has 7 heteroatoms. The van der Waals surface area contributed by atoms with E-state index >= 15 is 0 Å². The number of ether oxygens (including phenoxy) is 1. The maximum absolute atomic E-state index is 13.1. The number of hydrogen-bond acceptors (Lipinski definition) is 4. The van der Waals surface area contributed by atoms with Crippen molar-refractivity contribution in [2.75, 3.05) is 13.1 Å². The van der Waals surface area contributed by atoms with E-state index < -0.39 is 0 Å². The van der Waals surface area contributed by atoms with E-state index in [9.17, 15) is 9.59 Å². The molecule has 1 aromatic heterocycles. The van der Waals surface area contributed by atoms with E-state index in [1.54, 1.807) is 0 Å². The first-order chi connectivity index (χ1) is 14.9. The topological polar surface area (TPSA) is 90.5 Å². The van der Waals surface area contributed by atoms with Crippen molar-refractivity contribution < 1.29 is 14.3 Å². The molecule has 5 fully saturated rings. The predicted molar refractivity (Wildman–Crippen MR) is 115 cm³/mol. The molecule has 0 spiro atoms. The molecule has 2 amide bonds. The van der Waals surface area contributed by atoms with Gasteiger partial charge in [-0.15, -0.1) is 0 Å². The average Bonchev–Trinajstić information content (AvgIpc) is 3.35. The Balaban J connectivity index is 1.15. The van der Waals surface area contributed by atoms with Crippen LogP contribution in [0.25, 0.3) is 11.0 Å². The number of aryl methyl sites for hydroxylation is 1. The van der Waals surface area contributed by atoms with Crippen LogP contribution in [-0.2, 0) is 16.6 Å². The number of amides is 2. The van der Waals surface area contributed by atoms with E-state index in [1.807, 2.05) is 23.1 Å². The van der Waals surface area contributed by atoms with E-state index in [-0.39, 0.29) is 41.3 Å². The third-order valence-electron chi connectivity index (χ3n) is 8.58. The molecule has 3 unspecified atom stereocenters. The molecule has 4 bridgehead atoms. The van der Waals surface area contributed by atoms with Gasteiger partial charge in [-0.25, -0.2) is 9.78 Å². The highest BCUT2D eigenvalue weighted by Crippen LogP contribution is 2.60. The number of primary amides is 1. The number of rotatable bonds is 3. The van der Waals surface area contributed by atoms with Crippen LogP contribution in [0.5, 0.6) is 0 Å². The summed E-state index contributed by atoms with van der Waals surface area (Å²) in [5.74, 6) is 2.23. The quantitative estimate of drug-likeness (QED) is 0.823. The van der Waals surface area contributed by atoms with E-state index in [1.165, 1.54) is 0 Å². The van der Waals surface area contributed by atoms with Crippen LogP contribution in [0.4, 0.5) is 4.79 Å². The van der Waals surface area contributed by atoms with E-state index in [4.69, 9.17) is 15.5 Å². The van der Waals surface area contributed by atoms with Crippen molar-refractivity contribution in [3.8, 4) is 0 Å². The van der Waals surface area contributed by atoms with Gasteiger partial charge in [-0.05, 0) is 68.4 Å². The number of benzene rings is 1. The van der Waals surface area contributed by atoms with Gasteiger partial charge in [0.05, 0.1) is 16.4 Å². The number of carbonyl (C=O) groups is 2. The zero-order valence-corrected chi connectivity index (χ0v) is 18.0. The zero-order chi connectivity index (χ0) is 21.3. The number of fused-ring (bicyclic) bond motifs is 1. The van der Waals surface area contributed by atoms with Gasteiger partial charge in [0.2, 0.25) is 5.91 Å². The fraction of sp³-hybridized carbons (Fsp3) is 0.625. The highest BCUT2D eigenvalue weighted by molar-refractivity contribution is 5.81. The van der Waals surface area contributed by atoms with Gasteiger partial charge in [0.25, 0.3) is 0 Å². The first kappa shape index (κ1) is 19.1. The number of aromatic nitrogens is 2. The Morgan fingerprint density at radius 2 is 1.90 bits per heavy atom. The van der Waals surface area contributed by atoms with Gasteiger partial charge in [-0.2, -0.15) is 0 Å². The molecule has 1 saturated heterocycles. The molecule has 2 N–H and O–H groups in total. The van der Waals surface area contributed by atoms with Gasteiger partial charge in [-0.1, -0.05) is 12.1 Å². The number of likely N-dealkylation sites (tertiary alicyclic amines) is 1. The van der Waals surface area contributed by atoms with Crippen molar-refractivity contribution in [1.29, 1.82) is 0 Å². The molecule has 3 atom stereocenters. The van der Waals surface area contributed by atoms with Crippen molar-refractivity contribution in [2.24, 2.45) is 36.0 Å². The second kappa shape index (κ2) is 6.71. The summed E-state index contributed by atoms with van der Waals surface area (Å²) in [6, 6.07) is 8.15. The maximum Gasteiger partial charge on any atom is 0.410 e. The van der Waals surface area contributed by atoms with E-state index in [0.717, 1.165) is 55.4 Å². The third-order valence-corrected chi connectivity index (χ3v) is 8.58. The van der Waals surface area contributed by atoms with Gasteiger partial charge in [0.15, 0.2) is 0 Å². The molecule has 1 aromatic carbocycles. The normalized spacial score (nSPS) is 36.3. The SMILES string of the molecule is Cn1c(C2CCN(C(=O)OC3C4CC5CC3CC(C(N)=O)(C5)C4)C2)nc2ccccc21. The van der Waals surface area contributed by atoms with Gasteiger partial charge in [0, 0.05) is 26.1 Å². The number of imidazole rings is 1. The summed E-state index contributed by atoms with van der Waals surface area (Å²) < 4.78 is 8.27. The minimum Gasteiger partial charge on any atom is -0.446 e. The van der Waals surface area contributed by atoms with Crippen molar-refractivity contribution in [3.63, 3.8) is 0 Å². The fourth-order valence-corrected chi connectivity index (χ4v) is 7.33. The molecular weight excluding hydrogens is 392 g/mol. The molecule has 31 heavy (non-hydrogen) atoms. The highest BCUT2D eigenvalue weighted by atomic mass is 16.6. The molecule has 5 aliphatic rings. The van der Waals surface area contributed by atoms with Crippen LogP contribution in [0.2, 0.25) is 0 Å². The third kappa shape index (κ3) is 2.88. The number of nitrogens with zero attached hydrogens (tertiary/aromatic N) is 3. The number of para-hydroxylation sites is 2. The number of nitrogens with two attached hydrogens (primary N) is 1. The largest absolute Gasteiger partial charge is 0.446 e. The minimum atomic E-state index is -0.349. The van der Waals surface area contributed by atoms with E-state index in [0.29, 0.717) is 19.0 Å². The first-order valence-electron chi connectivity index (χ1n) is 11.6. The van der Waals surface area contributed by atoms with Crippen LogP contribution in [-0.4, -0.2) is 45.6 Å². The Hall–Kier alpha value is -2.57. The lowest BCUT2D eigenvalue weighted by Gasteiger charge is -2.58. The summed E-state index contributed by atoms with van der Waals surface area (Å²) in [6.07, 6.45) is 5.26. The van der Waals surface area contributed by atoms with Crippen LogP contribution in [0.15, 0.2) is 24.3 Å². The minimum absolute atomic E-state index is 0.0636. The molecule has 2 aromatic rings. The maximum atomic E-state index is 13.1. The lowest BCUT2D eigenvalue weighted by Crippen LogP contribution is -2.59. The highest BCUT2D eigenvalue weighted by Gasteiger charge is 2.59. The Bertz CT molecular complexity index is 1050. The predicted octanol–water partition coefficient (Wildman–Crippen LogP) is 3.18. The Kier molecular flexibility index (Phi) is 4.14. The van der Waals surface area contributed by atoms with Gasteiger partial charge >= 0.3 is 6.09 Å². The zero-order valence-electron chi connectivity index (χ0n) is 18.0. The van der Waals surface area contributed by atoms with Crippen LogP contribution in [0.1, 0.15) is 50.3 Å². The standard InChI is InChI=1S/C24H30N4O3/c1-27-19-5-3-2-4-18(19)26-21(27)15-6-7-28(13-15)23(30)31-20-16-8-14-9-17(20)12-24(10-14,11-16)22(25)29/h2-5,14-17,20H,6-13H2,1H3,(H2,25,29). The van der Waals surface area contributed by atoms with Gasteiger partial charge < -0.3 is 19.9 Å². The fourth-order valence-electron chi connectivity index (χ4n) is 7.33. The first-order valence-corrected chi connectivity index (χ1v) is 11.6. The molecule has 2 heterocycles. The summed E-state index contributed by atoms with van der Waals surface area (Å²) in [5.41, 5.74) is 7.56. The summed E-state index contributed by atoms with van der Waals surface area (Å²) in [4.78, 5) is 31.9. The van der Waals surface area contributed by atoms with Crippen molar-refractivity contribution in [1.82, 2.24) is 14.5 Å². The second-order valence-electron chi connectivity index (χ2n) is 10.4. The molecule has 7 rings (SSSR count). The van der Waals surface area contributed by atoms with Crippen LogP contribution < -0.4 is 5.73 Å². The van der Waals surface area contributed by atoms with Crippen LogP contribution in [0, 0.1) is 23.2 Å². The molecular formula is C24H30N4O3.